The zero-order valence-electron chi connectivity index (χ0n) is 23.0. The number of nitrogens with zero attached hydrogens (tertiary/aromatic N) is 4. The summed E-state index contributed by atoms with van der Waals surface area (Å²) in [5.41, 5.74) is 6.06. The van der Waals surface area contributed by atoms with Gasteiger partial charge in [-0.1, -0.05) is 23.7 Å². The van der Waals surface area contributed by atoms with E-state index in [9.17, 15) is 9.36 Å². The third-order valence-electron chi connectivity index (χ3n) is 7.82. The highest BCUT2D eigenvalue weighted by molar-refractivity contribution is 7.48. The molecule has 4 saturated heterocycles. The molecule has 2 aromatic heterocycles. The molecule has 4 fully saturated rings. The minimum Gasteiger partial charge on any atom is -0.473 e. The Morgan fingerprint density at radius 3 is 2.93 bits per heavy atom. The number of benzene rings is 1. The van der Waals surface area contributed by atoms with Gasteiger partial charge in [0.15, 0.2) is 29.1 Å². The highest BCUT2D eigenvalue weighted by atomic mass is 35.5. The van der Waals surface area contributed by atoms with Gasteiger partial charge in [-0.2, -0.15) is 9.97 Å². The van der Waals surface area contributed by atoms with Gasteiger partial charge in [0.25, 0.3) is 0 Å². The maximum Gasteiger partial charge on any atom is 0.509 e. The first-order valence-corrected chi connectivity index (χ1v) is 15.7. The van der Waals surface area contributed by atoms with Crippen LogP contribution < -0.4 is 10.5 Å². The van der Waals surface area contributed by atoms with E-state index < -0.39 is 44.1 Å². The van der Waals surface area contributed by atoms with E-state index in [2.05, 4.69) is 15.0 Å². The topological polar surface area (TPSA) is 178 Å². The van der Waals surface area contributed by atoms with Crippen molar-refractivity contribution < 1.29 is 46.6 Å². The van der Waals surface area contributed by atoms with Crippen molar-refractivity contribution in [3.63, 3.8) is 0 Å². The van der Waals surface area contributed by atoms with E-state index >= 15 is 0 Å². The summed E-state index contributed by atoms with van der Waals surface area (Å²) in [6.07, 6.45) is -0.545. The molecule has 7 unspecified atom stereocenters. The number of nitrogens with two attached hydrogens (primary N) is 1. The molecule has 17 heteroatoms. The van der Waals surface area contributed by atoms with Crippen LogP contribution in [0.25, 0.3) is 11.2 Å². The molecule has 0 radical (unpaired) electrons. The number of hydrogen-bond acceptors (Lipinski definition) is 14. The number of carbonyl (C=O) groups excluding carboxylic acids is 1. The second-order valence-corrected chi connectivity index (χ2v) is 12.8. The molecule has 3 aromatic rings. The van der Waals surface area contributed by atoms with E-state index in [1.54, 1.807) is 29.7 Å². The summed E-state index contributed by atoms with van der Waals surface area (Å²) in [7, 11) is -4.01. The lowest BCUT2D eigenvalue weighted by atomic mass is 9.96. The van der Waals surface area contributed by atoms with Crippen LogP contribution in [-0.4, -0.2) is 76.0 Å². The SMILES string of the molecule is CC12OC(=O)OC1C(COP1(=O)OCCC(c3cccc(Cl)c3)O1)OC2n1cnc2c(OCC3CCCO3)nc(N)nc21. The number of imidazole rings is 1. The molecule has 43 heavy (non-hydrogen) atoms. The van der Waals surface area contributed by atoms with E-state index in [0.717, 1.165) is 18.4 Å². The highest BCUT2D eigenvalue weighted by Crippen LogP contribution is 2.58. The minimum atomic E-state index is -4.01. The maximum atomic E-state index is 13.4. The van der Waals surface area contributed by atoms with Crippen molar-refractivity contribution in [1.82, 2.24) is 19.5 Å². The number of ether oxygens (including phenoxy) is 5. The molecule has 15 nitrogen and oxygen atoms in total. The standard InChI is InChI=1S/C26H29ClN5O10P/c1-26-20(40-25(33)41-26)18(12-38-43(34)37-9-7-17(42-43)14-4-2-5-15(27)10-14)39-23(26)32-13-29-19-21(32)30-24(28)31-22(19)36-11-16-6-3-8-35-16/h2,4-5,10,13,16-18,20,23H,3,6-9,11-12H2,1H3,(H2,28,30,31). The lowest BCUT2D eigenvalue weighted by Crippen LogP contribution is -2.42. The van der Waals surface area contributed by atoms with Gasteiger partial charge in [0.2, 0.25) is 11.8 Å². The van der Waals surface area contributed by atoms with Crippen LogP contribution in [0.4, 0.5) is 10.7 Å². The molecule has 0 saturated carbocycles. The lowest BCUT2D eigenvalue weighted by molar-refractivity contribution is -0.0925. The Bertz CT molecular complexity index is 1590. The molecule has 0 bridgehead atoms. The number of halogens is 1. The van der Waals surface area contributed by atoms with E-state index in [1.807, 2.05) is 6.07 Å². The number of carbonyl (C=O) groups is 1. The van der Waals surface area contributed by atoms with Crippen LogP contribution in [0.2, 0.25) is 5.02 Å². The zero-order chi connectivity index (χ0) is 29.8. The molecule has 0 aliphatic carbocycles. The second kappa shape index (κ2) is 11.1. The summed E-state index contributed by atoms with van der Waals surface area (Å²) in [6.45, 7) is 2.47. The van der Waals surface area contributed by atoms with Gasteiger partial charge in [-0.15, -0.1) is 0 Å². The molecule has 7 rings (SSSR count). The molecule has 230 valence electrons. The molecule has 0 spiro atoms. The first kappa shape index (κ1) is 28.7. The number of anilines is 1. The lowest BCUT2D eigenvalue weighted by Gasteiger charge is -2.30. The normalized spacial score (nSPS) is 33.8. The Morgan fingerprint density at radius 1 is 1.23 bits per heavy atom. The van der Waals surface area contributed by atoms with Crippen LogP contribution in [0.15, 0.2) is 30.6 Å². The van der Waals surface area contributed by atoms with Gasteiger partial charge < -0.3 is 29.4 Å². The predicted molar refractivity (Wildman–Crippen MR) is 147 cm³/mol. The number of phosphoric acid groups is 1. The Labute approximate surface area is 250 Å². The minimum absolute atomic E-state index is 0.0465. The van der Waals surface area contributed by atoms with Gasteiger partial charge >= 0.3 is 14.0 Å². The van der Waals surface area contributed by atoms with Crippen molar-refractivity contribution in [2.75, 3.05) is 32.2 Å². The van der Waals surface area contributed by atoms with Crippen LogP contribution in [0.5, 0.6) is 5.88 Å². The largest absolute Gasteiger partial charge is 0.509 e. The van der Waals surface area contributed by atoms with Gasteiger partial charge in [-0.25, -0.2) is 14.3 Å². The van der Waals surface area contributed by atoms with Crippen LogP contribution in [-0.2, 0) is 37.1 Å². The third-order valence-corrected chi connectivity index (χ3v) is 9.53. The van der Waals surface area contributed by atoms with Crippen molar-refractivity contribution in [1.29, 1.82) is 0 Å². The number of aromatic nitrogens is 4. The highest BCUT2D eigenvalue weighted by Gasteiger charge is 2.64. The average molecular weight is 638 g/mol. The Hall–Kier alpha value is -3.04. The Balaban J connectivity index is 1.11. The maximum absolute atomic E-state index is 13.4. The van der Waals surface area contributed by atoms with Crippen LogP contribution in [0.3, 0.4) is 0 Å². The van der Waals surface area contributed by atoms with E-state index in [-0.39, 0.29) is 37.8 Å². The third kappa shape index (κ3) is 5.43. The van der Waals surface area contributed by atoms with Gasteiger partial charge in [-0.05, 0) is 37.5 Å². The fourth-order valence-corrected chi connectivity index (χ4v) is 7.35. The molecule has 7 atom stereocenters. The Kier molecular flexibility index (Phi) is 7.45. The zero-order valence-corrected chi connectivity index (χ0v) is 24.6. The summed E-state index contributed by atoms with van der Waals surface area (Å²) >= 11 is 6.12. The van der Waals surface area contributed by atoms with Gasteiger partial charge in [0.05, 0.1) is 31.7 Å². The van der Waals surface area contributed by atoms with Crippen molar-refractivity contribution in [3.05, 3.63) is 41.2 Å². The predicted octanol–water partition coefficient (Wildman–Crippen LogP) is 4.11. The molecule has 0 amide bonds. The number of hydrogen-bond donors (Lipinski definition) is 1. The first-order chi connectivity index (χ1) is 20.7. The Morgan fingerprint density at radius 2 is 2.12 bits per heavy atom. The smallest absolute Gasteiger partial charge is 0.473 e. The fourth-order valence-electron chi connectivity index (χ4n) is 5.76. The monoisotopic (exact) mass is 637 g/mol. The van der Waals surface area contributed by atoms with E-state index in [4.69, 9.17) is 54.6 Å². The summed E-state index contributed by atoms with van der Waals surface area (Å²) in [5.74, 6) is 0.143. The second-order valence-electron chi connectivity index (χ2n) is 10.8. The summed E-state index contributed by atoms with van der Waals surface area (Å²) in [6, 6.07) is 7.07. The number of phosphoric ester groups is 1. The summed E-state index contributed by atoms with van der Waals surface area (Å²) in [4.78, 5) is 25.4. The van der Waals surface area contributed by atoms with E-state index in [0.29, 0.717) is 29.2 Å². The molecular weight excluding hydrogens is 609 g/mol. The van der Waals surface area contributed by atoms with Crippen LogP contribution >= 0.6 is 19.4 Å². The average Bonchev–Trinajstić information content (AvgIpc) is 3.75. The summed E-state index contributed by atoms with van der Waals surface area (Å²) < 4.78 is 60.8. The van der Waals surface area contributed by atoms with Crippen molar-refractivity contribution in [3.8, 4) is 5.88 Å². The van der Waals surface area contributed by atoms with Gasteiger partial charge in [0.1, 0.15) is 12.7 Å². The first-order valence-electron chi connectivity index (χ1n) is 13.8. The molecule has 2 N–H and O–H groups in total. The molecule has 4 aliphatic heterocycles. The molecular formula is C26H29ClN5O10P. The molecule has 4 aliphatic rings. The van der Waals surface area contributed by atoms with Crippen LogP contribution in [0, 0.1) is 0 Å². The molecule has 6 heterocycles. The van der Waals surface area contributed by atoms with Crippen molar-refractivity contribution in [2.24, 2.45) is 0 Å². The van der Waals surface area contributed by atoms with E-state index in [1.165, 1.54) is 6.33 Å². The fraction of sp³-hybridized carbons (Fsp3) is 0.538. The van der Waals surface area contributed by atoms with Crippen molar-refractivity contribution >= 4 is 42.7 Å². The van der Waals surface area contributed by atoms with Crippen molar-refractivity contribution in [2.45, 2.75) is 62.4 Å². The van der Waals surface area contributed by atoms with Gasteiger partial charge in [0, 0.05) is 18.1 Å². The van der Waals surface area contributed by atoms with Crippen LogP contribution in [0.1, 0.15) is 44.1 Å². The number of rotatable bonds is 8. The number of nitrogen functional groups attached to an aromatic ring is 1. The molecule has 1 aromatic carbocycles. The van der Waals surface area contributed by atoms with Gasteiger partial charge in [-0.3, -0.25) is 18.1 Å². The summed E-state index contributed by atoms with van der Waals surface area (Å²) in [5, 5.41) is 0.525. The number of fused-ring (bicyclic) bond motifs is 2. The quantitative estimate of drug-likeness (QED) is 0.275.